The van der Waals surface area contributed by atoms with Gasteiger partial charge in [0.05, 0.1) is 18.7 Å². The maximum absolute atomic E-state index is 12.6. The molecule has 2 atom stereocenters. The van der Waals surface area contributed by atoms with E-state index < -0.39 is 16.1 Å². The molecule has 2 N–H and O–H groups in total. The van der Waals surface area contributed by atoms with E-state index in [4.69, 9.17) is 0 Å². The van der Waals surface area contributed by atoms with Crippen molar-refractivity contribution in [3.8, 4) is 0 Å². The van der Waals surface area contributed by atoms with Crippen molar-refractivity contribution >= 4 is 16.1 Å². The summed E-state index contributed by atoms with van der Waals surface area (Å²) in [6, 6.07) is 5.31. The van der Waals surface area contributed by atoms with Crippen LogP contribution in [0.25, 0.3) is 0 Å². The zero-order valence-electron chi connectivity index (χ0n) is 17.3. The summed E-state index contributed by atoms with van der Waals surface area (Å²) >= 11 is 0. The lowest BCUT2D eigenvalue weighted by atomic mass is 9.93. The van der Waals surface area contributed by atoms with Crippen LogP contribution in [0, 0.1) is 13.8 Å². The molecule has 1 aromatic heterocycles. The maximum atomic E-state index is 12.6. The van der Waals surface area contributed by atoms with Crippen molar-refractivity contribution < 1.29 is 13.2 Å². The molecule has 0 bridgehead atoms. The highest BCUT2D eigenvalue weighted by molar-refractivity contribution is 7.88. The predicted octanol–water partition coefficient (Wildman–Crippen LogP) is 1.37. The number of aryl methyl sites for hydroxylation is 3. The summed E-state index contributed by atoms with van der Waals surface area (Å²) in [4.78, 5) is 14.5. The average molecular weight is 420 g/mol. The van der Waals surface area contributed by atoms with Gasteiger partial charge in [-0.15, -0.1) is 0 Å². The minimum Gasteiger partial charge on any atom is -0.298 e. The number of amides is 1. The highest BCUT2D eigenvalue weighted by atomic mass is 32.2. The molecular formula is C20H29N5O3S. The normalized spacial score (nSPS) is 20.6. The number of likely N-dealkylation sites (N-methyl/N-ethyl adjacent to an activating group) is 1. The van der Waals surface area contributed by atoms with E-state index in [1.54, 1.807) is 10.9 Å². The highest BCUT2D eigenvalue weighted by Gasteiger charge is 2.34. The third kappa shape index (κ3) is 5.65. The molecule has 2 aromatic rings. The number of hydrogen-bond acceptors (Lipinski definition) is 5. The number of piperidine rings is 1. The molecule has 29 heavy (non-hydrogen) atoms. The predicted molar refractivity (Wildman–Crippen MR) is 111 cm³/mol. The zero-order valence-corrected chi connectivity index (χ0v) is 18.2. The van der Waals surface area contributed by atoms with Crippen molar-refractivity contribution in [2.45, 2.75) is 45.2 Å². The van der Waals surface area contributed by atoms with Crippen molar-refractivity contribution in [2.24, 2.45) is 7.05 Å². The molecule has 0 radical (unpaired) electrons. The van der Waals surface area contributed by atoms with Crippen LogP contribution in [0.4, 0.5) is 0 Å². The fourth-order valence-corrected chi connectivity index (χ4v) is 5.22. The van der Waals surface area contributed by atoms with Crippen LogP contribution in [0.2, 0.25) is 0 Å². The quantitative estimate of drug-likeness (QED) is 0.737. The molecule has 0 aliphatic carbocycles. The van der Waals surface area contributed by atoms with Crippen LogP contribution in [0.5, 0.6) is 0 Å². The Balaban J connectivity index is 1.69. The molecule has 1 saturated heterocycles. The third-order valence-electron chi connectivity index (χ3n) is 5.15. The number of hydrogen-bond donors (Lipinski definition) is 2. The van der Waals surface area contributed by atoms with Gasteiger partial charge in [0, 0.05) is 24.8 Å². The van der Waals surface area contributed by atoms with E-state index in [1.165, 1.54) is 0 Å². The number of nitrogens with one attached hydrogen (secondary N) is 2. The molecule has 8 nitrogen and oxygen atoms in total. The molecule has 3 rings (SSSR count). The van der Waals surface area contributed by atoms with Crippen LogP contribution in [0.3, 0.4) is 0 Å². The van der Waals surface area contributed by atoms with Crippen LogP contribution in [-0.4, -0.2) is 48.6 Å². The molecule has 1 aliphatic rings. The van der Waals surface area contributed by atoms with E-state index >= 15 is 0 Å². The summed E-state index contributed by atoms with van der Waals surface area (Å²) < 4.78 is 31.8. The van der Waals surface area contributed by atoms with Gasteiger partial charge in [0.15, 0.2) is 0 Å². The lowest BCUT2D eigenvalue weighted by molar-refractivity contribution is -0.118. The number of nitrogens with zero attached hydrogens (tertiary/aromatic N) is 3. The van der Waals surface area contributed by atoms with E-state index in [0.717, 1.165) is 35.2 Å². The van der Waals surface area contributed by atoms with Crippen LogP contribution < -0.4 is 9.44 Å². The first-order valence-corrected chi connectivity index (χ1v) is 11.2. The monoisotopic (exact) mass is 419 g/mol. The largest absolute Gasteiger partial charge is 0.301 e. The van der Waals surface area contributed by atoms with Gasteiger partial charge in [-0.05, 0) is 45.8 Å². The van der Waals surface area contributed by atoms with Gasteiger partial charge in [0.2, 0.25) is 5.91 Å². The van der Waals surface area contributed by atoms with Gasteiger partial charge in [0.1, 0.15) is 0 Å². The van der Waals surface area contributed by atoms with Gasteiger partial charge in [-0.25, -0.2) is 4.72 Å². The van der Waals surface area contributed by atoms with Crippen molar-refractivity contribution in [1.29, 1.82) is 0 Å². The summed E-state index contributed by atoms with van der Waals surface area (Å²) in [6.45, 7) is 4.77. The van der Waals surface area contributed by atoms with E-state index in [0.29, 0.717) is 6.42 Å². The van der Waals surface area contributed by atoms with Crippen LogP contribution in [0.1, 0.15) is 41.1 Å². The summed E-state index contributed by atoms with van der Waals surface area (Å²) in [5.74, 6) is -0.551. The molecule has 2 heterocycles. The smallest absolute Gasteiger partial charge is 0.298 e. The Morgan fingerprint density at radius 3 is 2.52 bits per heavy atom. The molecule has 9 heteroatoms. The second kappa shape index (κ2) is 8.64. The molecule has 0 saturated carbocycles. The second-order valence-corrected chi connectivity index (χ2v) is 9.39. The number of benzene rings is 1. The number of rotatable bonds is 6. The van der Waals surface area contributed by atoms with E-state index in [-0.39, 0.29) is 18.5 Å². The van der Waals surface area contributed by atoms with E-state index in [2.05, 4.69) is 19.4 Å². The number of carbonyl (C=O) groups excluding carboxylic acids is 1. The Morgan fingerprint density at radius 2 is 1.90 bits per heavy atom. The Labute approximate surface area is 172 Å². The number of likely N-dealkylation sites (tertiary alicyclic amines) is 1. The second-order valence-electron chi connectivity index (χ2n) is 7.94. The maximum Gasteiger partial charge on any atom is 0.301 e. The van der Waals surface area contributed by atoms with E-state index in [9.17, 15) is 13.2 Å². The average Bonchev–Trinajstić information content (AvgIpc) is 2.98. The molecule has 1 amide bonds. The molecule has 1 aromatic carbocycles. The lowest BCUT2D eigenvalue weighted by Crippen LogP contribution is -2.52. The van der Waals surface area contributed by atoms with Crippen LogP contribution in [-0.2, 0) is 28.5 Å². The van der Waals surface area contributed by atoms with Crippen molar-refractivity contribution in [3.05, 3.63) is 52.8 Å². The molecule has 1 fully saturated rings. The van der Waals surface area contributed by atoms with Crippen LogP contribution in [0.15, 0.2) is 30.6 Å². The van der Waals surface area contributed by atoms with Crippen molar-refractivity contribution in [1.82, 2.24) is 24.1 Å². The Bertz CT molecular complexity index is 966. The lowest BCUT2D eigenvalue weighted by Gasteiger charge is -2.38. The SMILES string of the molecule is Cc1cc(C)cc(CC(=O)NS(=O)(=O)NC2CCCN(C)C2c2cnn(C)c2)c1. The first-order chi connectivity index (χ1) is 13.6. The topological polar surface area (TPSA) is 96.3 Å². The van der Waals surface area contributed by atoms with Crippen LogP contribution >= 0.6 is 0 Å². The number of carbonyl (C=O) groups is 1. The van der Waals surface area contributed by atoms with Crippen molar-refractivity contribution in [2.75, 3.05) is 13.6 Å². The molecule has 1 aliphatic heterocycles. The van der Waals surface area contributed by atoms with Gasteiger partial charge in [0.25, 0.3) is 0 Å². The first kappa shape index (κ1) is 21.5. The van der Waals surface area contributed by atoms with Gasteiger partial charge < -0.3 is 0 Å². The summed E-state index contributed by atoms with van der Waals surface area (Å²) in [6.07, 6.45) is 5.23. The molecule has 158 valence electrons. The summed E-state index contributed by atoms with van der Waals surface area (Å²) in [5.41, 5.74) is 3.82. The summed E-state index contributed by atoms with van der Waals surface area (Å²) in [7, 11) is -0.181. The number of aromatic nitrogens is 2. The van der Waals surface area contributed by atoms with Gasteiger partial charge >= 0.3 is 10.2 Å². The molecule has 2 unspecified atom stereocenters. The molecule has 0 spiro atoms. The Morgan fingerprint density at radius 1 is 1.21 bits per heavy atom. The minimum atomic E-state index is -3.98. The van der Waals surface area contributed by atoms with Crippen molar-refractivity contribution in [3.63, 3.8) is 0 Å². The Kier molecular flexibility index (Phi) is 6.40. The van der Waals surface area contributed by atoms with Gasteiger partial charge in [-0.2, -0.15) is 18.2 Å². The first-order valence-electron chi connectivity index (χ1n) is 9.72. The highest BCUT2D eigenvalue weighted by Crippen LogP contribution is 2.30. The third-order valence-corrected chi connectivity index (χ3v) is 6.26. The van der Waals surface area contributed by atoms with Gasteiger partial charge in [-0.3, -0.25) is 14.4 Å². The van der Waals surface area contributed by atoms with Gasteiger partial charge in [-0.1, -0.05) is 29.3 Å². The fraction of sp³-hybridized carbons (Fsp3) is 0.500. The Hall–Kier alpha value is -2.23. The summed E-state index contributed by atoms with van der Waals surface area (Å²) in [5, 5.41) is 4.21. The standard InChI is InChI=1S/C20H29N5O3S/c1-14-8-15(2)10-16(9-14)11-19(26)23-29(27,28)22-18-6-5-7-24(3)20(18)17-12-21-25(4)13-17/h8-10,12-13,18,20,22H,5-7,11H2,1-4H3,(H,23,26). The zero-order chi connectivity index (χ0) is 21.2. The minimum absolute atomic E-state index is 0.0139. The van der Waals surface area contributed by atoms with E-state index in [1.807, 2.05) is 52.3 Å². The fourth-order valence-electron chi connectivity index (χ4n) is 4.14. The molecular weight excluding hydrogens is 390 g/mol.